The lowest BCUT2D eigenvalue weighted by Gasteiger charge is -2.23. The number of carboxylic acid groups (broad SMARTS) is 1. The minimum absolute atomic E-state index is 0.253. The zero-order valence-electron chi connectivity index (χ0n) is 11.3. The molecule has 0 aliphatic rings. The first-order valence-electron chi connectivity index (χ1n) is 6.18. The summed E-state index contributed by atoms with van der Waals surface area (Å²) in [5, 5.41) is 8.78. The summed E-state index contributed by atoms with van der Waals surface area (Å²) in [7, 11) is 0. The van der Waals surface area contributed by atoms with Gasteiger partial charge in [0, 0.05) is 12.6 Å². The molecule has 0 radical (unpaired) electrons. The largest absolute Gasteiger partial charge is 0.492 e. The highest BCUT2D eigenvalue weighted by molar-refractivity contribution is 5.87. The minimum atomic E-state index is -0.938. The van der Waals surface area contributed by atoms with E-state index in [0.29, 0.717) is 24.9 Å². The second-order valence-corrected chi connectivity index (χ2v) is 4.45. The maximum absolute atomic E-state index is 10.7. The van der Waals surface area contributed by atoms with E-state index in [9.17, 15) is 4.79 Å². The highest BCUT2D eigenvalue weighted by Gasteiger charge is 2.08. The third-order valence-corrected chi connectivity index (χ3v) is 2.77. The highest BCUT2D eigenvalue weighted by Crippen LogP contribution is 2.12. The fraction of sp³-hybridized carbons (Fsp3) is 0.400. The van der Waals surface area contributed by atoms with Crippen LogP contribution < -0.4 is 4.74 Å². The fourth-order valence-corrected chi connectivity index (χ4v) is 1.61. The van der Waals surface area contributed by atoms with Gasteiger partial charge in [0.1, 0.15) is 12.4 Å². The Balaban J connectivity index is 2.44. The molecule has 0 amide bonds. The molecule has 102 valence electrons. The summed E-state index contributed by atoms with van der Waals surface area (Å²) < 4.78 is 5.56. The molecule has 0 saturated heterocycles. The molecule has 4 heteroatoms. The summed E-state index contributed by atoms with van der Waals surface area (Å²) >= 11 is 0. The Bertz CT molecular complexity index is 445. The number of ether oxygens (including phenoxy) is 1. The van der Waals surface area contributed by atoms with Gasteiger partial charge in [-0.1, -0.05) is 5.92 Å². The molecule has 0 aliphatic heterocycles. The monoisotopic (exact) mass is 261 g/mol. The molecule has 0 atom stereocenters. The predicted octanol–water partition coefficient (Wildman–Crippen LogP) is 2.11. The van der Waals surface area contributed by atoms with Gasteiger partial charge in [-0.05, 0) is 38.1 Å². The lowest BCUT2D eigenvalue weighted by Crippen LogP contribution is -2.34. The third-order valence-electron chi connectivity index (χ3n) is 2.77. The number of hydrogen-bond donors (Lipinski definition) is 1. The van der Waals surface area contributed by atoms with Crippen molar-refractivity contribution in [3.8, 4) is 18.1 Å². The second kappa shape index (κ2) is 7.45. The molecule has 0 aromatic heterocycles. The molecule has 0 aliphatic carbocycles. The van der Waals surface area contributed by atoms with Crippen molar-refractivity contribution in [2.45, 2.75) is 19.9 Å². The van der Waals surface area contributed by atoms with E-state index in [0.717, 1.165) is 6.54 Å². The summed E-state index contributed by atoms with van der Waals surface area (Å²) in [5.74, 6) is 2.35. The zero-order valence-corrected chi connectivity index (χ0v) is 11.3. The first-order chi connectivity index (χ1) is 9.04. The van der Waals surface area contributed by atoms with Gasteiger partial charge in [0.2, 0.25) is 0 Å². The highest BCUT2D eigenvalue weighted by atomic mass is 16.5. The smallest absolute Gasteiger partial charge is 0.335 e. The van der Waals surface area contributed by atoms with E-state index in [1.807, 2.05) is 0 Å². The molecule has 0 heterocycles. The number of benzene rings is 1. The molecule has 1 aromatic rings. The average Bonchev–Trinajstić information content (AvgIpc) is 2.38. The van der Waals surface area contributed by atoms with Gasteiger partial charge in [0.15, 0.2) is 0 Å². The molecule has 1 N–H and O–H groups in total. The van der Waals surface area contributed by atoms with E-state index in [2.05, 4.69) is 24.7 Å². The minimum Gasteiger partial charge on any atom is -0.492 e. The van der Waals surface area contributed by atoms with E-state index in [1.54, 1.807) is 12.1 Å². The lowest BCUT2D eigenvalue weighted by molar-refractivity contribution is 0.0697. The predicted molar refractivity (Wildman–Crippen MR) is 74.4 cm³/mol. The Labute approximate surface area is 114 Å². The Morgan fingerprint density at radius 1 is 1.42 bits per heavy atom. The third kappa shape index (κ3) is 5.02. The summed E-state index contributed by atoms with van der Waals surface area (Å²) in [6.45, 7) is 6.02. The van der Waals surface area contributed by atoms with Crippen LogP contribution in [0.2, 0.25) is 0 Å². The van der Waals surface area contributed by atoms with Crippen molar-refractivity contribution in [3.63, 3.8) is 0 Å². The van der Waals surface area contributed by atoms with Crippen molar-refractivity contribution >= 4 is 5.97 Å². The van der Waals surface area contributed by atoms with Gasteiger partial charge in [-0.15, -0.1) is 6.42 Å². The molecule has 0 bridgehead atoms. The van der Waals surface area contributed by atoms with Crippen LogP contribution in [0.4, 0.5) is 0 Å². The number of hydrogen-bond acceptors (Lipinski definition) is 3. The topological polar surface area (TPSA) is 49.8 Å². The summed E-state index contributed by atoms with van der Waals surface area (Å²) in [4.78, 5) is 12.8. The van der Waals surface area contributed by atoms with Crippen LogP contribution >= 0.6 is 0 Å². The number of nitrogens with zero attached hydrogens (tertiary/aromatic N) is 1. The van der Waals surface area contributed by atoms with Crippen molar-refractivity contribution < 1.29 is 14.6 Å². The summed E-state index contributed by atoms with van der Waals surface area (Å²) in [6.07, 6.45) is 5.31. The van der Waals surface area contributed by atoms with E-state index >= 15 is 0 Å². The van der Waals surface area contributed by atoms with Crippen molar-refractivity contribution in [2.75, 3.05) is 19.7 Å². The van der Waals surface area contributed by atoms with Crippen molar-refractivity contribution in [1.82, 2.24) is 4.90 Å². The van der Waals surface area contributed by atoms with Gasteiger partial charge in [0.25, 0.3) is 0 Å². The molecule has 0 unspecified atom stereocenters. The molecule has 4 nitrogen and oxygen atoms in total. The Hall–Kier alpha value is -1.99. The maximum atomic E-state index is 10.7. The first-order valence-corrected chi connectivity index (χ1v) is 6.18. The Morgan fingerprint density at radius 3 is 2.53 bits per heavy atom. The van der Waals surface area contributed by atoms with Gasteiger partial charge in [0.05, 0.1) is 12.1 Å². The SMILES string of the molecule is C#CCN(CCOc1ccc(C(=O)O)cc1)C(C)C. The molecular formula is C15H19NO3. The number of aromatic carboxylic acids is 1. The molecule has 0 spiro atoms. The lowest BCUT2D eigenvalue weighted by atomic mass is 10.2. The van der Waals surface area contributed by atoms with Gasteiger partial charge in [-0.25, -0.2) is 4.79 Å². The summed E-state index contributed by atoms with van der Waals surface area (Å²) in [6, 6.07) is 6.74. The molecular weight excluding hydrogens is 242 g/mol. The van der Waals surface area contributed by atoms with Crippen LogP contribution in [0.25, 0.3) is 0 Å². The zero-order chi connectivity index (χ0) is 14.3. The van der Waals surface area contributed by atoms with Gasteiger partial charge in [-0.2, -0.15) is 0 Å². The average molecular weight is 261 g/mol. The van der Waals surface area contributed by atoms with E-state index < -0.39 is 5.97 Å². The maximum Gasteiger partial charge on any atom is 0.335 e. The van der Waals surface area contributed by atoms with Crippen molar-refractivity contribution in [1.29, 1.82) is 0 Å². The second-order valence-electron chi connectivity index (χ2n) is 4.45. The van der Waals surface area contributed by atoms with Crippen molar-refractivity contribution in [2.24, 2.45) is 0 Å². The molecule has 0 saturated carbocycles. The number of terminal acetylenes is 1. The van der Waals surface area contributed by atoms with Crippen molar-refractivity contribution in [3.05, 3.63) is 29.8 Å². The molecule has 0 fully saturated rings. The van der Waals surface area contributed by atoms with Gasteiger partial charge < -0.3 is 9.84 Å². The van der Waals surface area contributed by atoms with E-state index in [4.69, 9.17) is 16.3 Å². The van der Waals surface area contributed by atoms with Gasteiger partial charge >= 0.3 is 5.97 Å². The Kier molecular flexibility index (Phi) is 5.91. The van der Waals surface area contributed by atoms with Crippen LogP contribution in [-0.4, -0.2) is 41.7 Å². The van der Waals surface area contributed by atoms with Crippen LogP contribution in [0.5, 0.6) is 5.75 Å². The summed E-state index contributed by atoms with van der Waals surface area (Å²) in [5.41, 5.74) is 0.253. The van der Waals surface area contributed by atoms with Crippen LogP contribution in [0.3, 0.4) is 0 Å². The molecule has 1 rings (SSSR count). The first kappa shape index (κ1) is 15.1. The van der Waals surface area contributed by atoms with Crippen LogP contribution in [-0.2, 0) is 0 Å². The number of rotatable bonds is 7. The van der Waals surface area contributed by atoms with Crippen LogP contribution in [0, 0.1) is 12.3 Å². The number of carbonyl (C=O) groups is 1. The van der Waals surface area contributed by atoms with E-state index in [1.165, 1.54) is 12.1 Å². The number of carboxylic acids is 1. The quantitative estimate of drug-likeness (QED) is 0.764. The Morgan fingerprint density at radius 2 is 2.05 bits per heavy atom. The molecule has 19 heavy (non-hydrogen) atoms. The van der Waals surface area contributed by atoms with Crippen LogP contribution in [0.15, 0.2) is 24.3 Å². The van der Waals surface area contributed by atoms with Gasteiger partial charge in [-0.3, -0.25) is 4.90 Å². The normalized spacial score (nSPS) is 10.5. The molecule has 1 aromatic carbocycles. The van der Waals surface area contributed by atoms with Crippen LogP contribution in [0.1, 0.15) is 24.2 Å². The van der Waals surface area contributed by atoms with E-state index in [-0.39, 0.29) is 5.56 Å². The fourth-order valence-electron chi connectivity index (χ4n) is 1.61. The standard InChI is InChI=1S/C15H19NO3/c1-4-9-16(12(2)3)10-11-19-14-7-5-13(6-8-14)15(17)18/h1,5-8,12H,9-11H2,2-3H3,(H,17,18).